The van der Waals surface area contributed by atoms with Gasteiger partial charge in [0.15, 0.2) is 5.58 Å². The largest absolute Gasteiger partial charge is 0.424 e. The Bertz CT molecular complexity index is 1420. The zero-order chi connectivity index (χ0) is 20.2. The fourth-order valence-electron chi connectivity index (χ4n) is 3.35. The molecule has 4 nitrogen and oxygen atoms in total. The van der Waals surface area contributed by atoms with E-state index in [1.54, 1.807) is 11.3 Å². The number of aromatic nitrogens is 2. The van der Waals surface area contributed by atoms with Gasteiger partial charge in [0.25, 0.3) is 0 Å². The SMILES string of the molecule is O=c1oc2cnc3ccc(-c4cccs4)cc3c2n1-c1cccc(C(F)(F)F)c1. The monoisotopic (exact) mass is 412 g/mol. The summed E-state index contributed by atoms with van der Waals surface area (Å²) in [5.74, 6) is -0.768. The minimum absolute atomic E-state index is 0.0811. The van der Waals surface area contributed by atoms with Crippen LogP contribution in [0.2, 0.25) is 0 Å². The summed E-state index contributed by atoms with van der Waals surface area (Å²) < 4.78 is 45.9. The summed E-state index contributed by atoms with van der Waals surface area (Å²) in [7, 11) is 0. The Morgan fingerprint density at radius 1 is 1.03 bits per heavy atom. The van der Waals surface area contributed by atoms with Gasteiger partial charge in [0.1, 0.15) is 5.52 Å². The predicted molar refractivity (Wildman–Crippen MR) is 105 cm³/mol. The number of hydrogen-bond acceptors (Lipinski definition) is 4. The van der Waals surface area contributed by atoms with Crippen molar-refractivity contribution in [2.45, 2.75) is 6.18 Å². The molecule has 8 heteroatoms. The maximum absolute atomic E-state index is 13.2. The third kappa shape index (κ3) is 2.92. The topological polar surface area (TPSA) is 48.0 Å². The fraction of sp³-hybridized carbons (Fsp3) is 0.0476. The third-order valence-electron chi connectivity index (χ3n) is 4.65. The number of thiophene rings is 1. The molecule has 144 valence electrons. The Morgan fingerprint density at radius 2 is 1.90 bits per heavy atom. The molecule has 0 unspecified atom stereocenters. The van der Waals surface area contributed by atoms with Gasteiger partial charge in [0.05, 0.1) is 23.0 Å². The summed E-state index contributed by atoms with van der Waals surface area (Å²) >= 11 is 1.56. The van der Waals surface area contributed by atoms with E-state index < -0.39 is 17.5 Å². The van der Waals surface area contributed by atoms with Crippen molar-refractivity contribution >= 4 is 33.3 Å². The van der Waals surface area contributed by atoms with Crippen LogP contribution in [0.15, 0.2) is 75.4 Å². The molecular weight excluding hydrogens is 401 g/mol. The van der Waals surface area contributed by atoms with Gasteiger partial charge >= 0.3 is 11.9 Å². The standard InChI is InChI=1S/C21H11F3N2O2S/c22-21(23,24)13-3-1-4-14(10-13)26-19-15-9-12(18-5-2-8-29-18)6-7-16(15)25-11-17(19)28-20(26)27/h1-11H. The van der Waals surface area contributed by atoms with Gasteiger partial charge in [-0.05, 0) is 47.3 Å². The molecule has 0 aliphatic rings. The molecule has 0 aliphatic carbocycles. The normalized spacial score (nSPS) is 12.1. The summed E-state index contributed by atoms with van der Waals surface area (Å²) in [6.45, 7) is 0. The van der Waals surface area contributed by atoms with Crippen LogP contribution in [0.5, 0.6) is 0 Å². The quantitative estimate of drug-likeness (QED) is 0.364. The van der Waals surface area contributed by atoms with Gasteiger partial charge in [-0.1, -0.05) is 18.2 Å². The summed E-state index contributed by atoms with van der Waals surface area (Å²) in [6.07, 6.45) is -3.11. The van der Waals surface area contributed by atoms with Crippen LogP contribution in [-0.4, -0.2) is 9.55 Å². The number of benzene rings is 2. The van der Waals surface area contributed by atoms with Crippen molar-refractivity contribution in [1.29, 1.82) is 0 Å². The van der Waals surface area contributed by atoms with E-state index in [-0.39, 0.29) is 11.3 Å². The van der Waals surface area contributed by atoms with Crippen LogP contribution >= 0.6 is 11.3 Å². The van der Waals surface area contributed by atoms with Crippen LogP contribution in [0.4, 0.5) is 13.2 Å². The smallest absolute Gasteiger partial charge is 0.406 e. The van der Waals surface area contributed by atoms with Crippen molar-refractivity contribution in [1.82, 2.24) is 9.55 Å². The third-order valence-corrected chi connectivity index (χ3v) is 5.57. The summed E-state index contributed by atoms with van der Waals surface area (Å²) in [5, 5.41) is 2.58. The van der Waals surface area contributed by atoms with E-state index in [2.05, 4.69) is 4.98 Å². The average molecular weight is 412 g/mol. The van der Waals surface area contributed by atoms with E-state index in [4.69, 9.17) is 4.42 Å². The zero-order valence-electron chi connectivity index (χ0n) is 14.6. The summed E-state index contributed by atoms with van der Waals surface area (Å²) in [4.78, 5) is 17.9. The van der Waals surface area contributed by atoms with Gasteiger partial charge in [0.2, 0.25) is 0 Å². The van der Waals surface area contributed by atoms with Crippen LogP contribution in [0, 0.1) is 0 Å². The van der Waals surface area contributed by atoms with Crippen molar-refractivity contribution in [3.8, 4) is 16.1 Å². The second kappa shape index (κ2) is 6.31. The highest BCUT2D eigenvalue weighted by atomic mass is 32.1. The van der Waals surface area contributed by atoms with E-state index in [1.165, 1.54) is 18.3 Å². The molecule has 0 N–H and O–H groups in total. The van der Waals surface area contributed by atoms with Gasteiger partial charge in [-0.2, -0.15) is 13.2 Å². The van der Waals surface area contributed by atoms with E-state index in [1.807, 2.05) is 35.7 Å². The maximum atomic E-state index is 13.2. The van der Waals surface area contributed by atoms with E-state index >= 15 is 0 Å². The van der Waals surface area contributed by atoms with Gasteiger partial charge in [-0.15, -0.1) is 11.3 Å². The van der Waals surface area contributed by atoms with E-state index in [0.717, 1.165) is 27.1 Å². The Balaban J connectivity index is 1.83. The number of rotatable bonds is 2. The molecule has 0 fully saturated rings. The lowest BCUT2D eigenvalue weighted by Gasteiger charge is -2.10. The Morgan fingerprint density at radius 3 is 2.66 bits per heavy atom. The molecule has 2 aromatic carbocycles. The number of fused-ring (bicyclic) bond motifs is 3. The van der Waals surface area contributed by atoms with E-state index in [9.17, 15) is 18.0 Å². The zero-order valence-corrected chi connectivity index (χ0v) is 15.4. The van der Waals surface area contributed by atoms with Crippen molar-refractivity contribution in [3.05, 3.63) is 82.3 Å². The van der Waals surface area contributed by atoms with Crippen LogP contribution in [0.1, 0.15) is 5.56 Å². The lowest BCUT2D eigenvalue weighted by molar-refractivity contribution is -0.137. The van der Waals surface area contributed by atoms with Crippen LogP contribution in [0.3, 0.4) is 0 Å². The van der Waals surface area contributed by atoms with Crippen molar-refractivity contribution in [2.75, 3.05) is 0 Å². The number of hydrogen-bond donors (Lipinski definition) is 0. The summed E-state index contributed by atoms with van der Waals surface area (Å²) in [5.41, 5.74) is 1.37. The number of alkyl halides is 3. The molecule has 0 atom stereocenters. The molecule has 0 amide bonds. The molecule has 0 radical (unpaired) electrons. The first-order valence-corrected chi connectivity index (χ1v) is 9.45. The number of oxazole rings is 1. The van der Waals surface area contributed by atoms with Gasteiger partial charge < -0.3 is 4.42 Å². The van der Waals surface area contributed by atoms with Crippen LogP contribution in [-0.2, 0) is 6.18 Å². The minimum atomic E-state index is -4.52. The second-order valence-electron chi connectivity index (χ2n) is 6.43. The highest BCUT2D eigenvalue weighted by molar-refractivity contribution is 7.13. The Kier molecular flexibility index (Phi) is 3.85. The van der Waals surface area contributed by atoms with Crippen LogP contribution < -0.4 is 5.76 Å². The first-order valence-electron chi connectivity index (χ1n) is 8.58. The first-order chi connectivity index (χ1) is 13.9. The Hall–Kier alpha value is -3.39. The predicted octanol–water partition coefficient (Wildman–Crippen LogP) is 5.88. The molecule has 3 heterocycles. The highest BCUT2D eigenvalue weighted by Gasteiger charge is 2.31. The van der Waals surface area contributed by atoms with Gasteiger partial charge in [-0.25, -0.2) is 9.36 Å². The number of nitrogens with zero attached hydrogens (tertiary/aromatic N) is 2. The highest BCUT2D eigenvalue weighted by Crippen LogP contribution is 2.33. The van der Waals surface area contributed by atoms with E-state index in [0.29, 0.717) is 16.4 Å². The molecule has 0 bridgehead atoms. The molecule has 5 aromatic rings. The molecule has 0 saturated heterocycles. The van der Waals surface area contributed by atoms with Crippen molar-refractivity contribution in [3.63, 3.8) is 0 Å². The Labute approximate surface area is 165 Å². The van der Waals surface area contributed by atoms with Crippen LogP contribution in [0.25, 0.3) is 38.1 Å². The van der Waals surface area contributed by atoms with Crippen molar-refractivity contribution in [2.24, 2.45) is 0 Å². The molecule has 3 aromatic heterocycles. The molecule has 0 aliphatic heterocycles. The lowest BCUT2D eigenvalue weighted by Crippen LogP contribution is -2.13. The molecular formula is C21H11F3N2O2S. The lowest BCUT2D eigenvalue weighted by atomic mass is 10.1. The molecule has 29 heavy (non-hydrogen) atoms. The molecule has 0 spiro atoms. The number of pyridine rings is 1. The van der Waals surface area contributed by atoms with Crippen molar-refractivity contribution < 1.29 is 17.6 Å². The minimum Gasteiger partial charge on any atom is -0.406 e. The molecule has 5 rings (SSSR count). The first kappa shape index (κ1) is 17.7. The maximum Gasteiger partial charge on any atom is 0.424 e. The number of halogens is 3. The molecule has 0 saturated carbocycles. The van der Waals surface area contributed by atoms with Gasteiger partial charge in [0, 0.05) is 10.3 Å². The fourth-order valence-corrected chi connectivity index (χ4v) is 4.07. The second-order valence-corrected chi connectivity index (χ2v) is 7.38. The average Bonchev–Trinajstić information content (AvgIpc) is 3.34. The van der Waals surface area contributed by atoms with Gasteiger partial charge in [-0.3, -0.25) is 4.98 Å². The summed E-state index contributed by atoms with van der Waals surface area (Å²) in [6, 6.07) is 14.1.